The number of benzene rings is 1. The van der Waals surface area contributed by atoms with Crippen LogP contribution in [0.15, 0.2) is 57.6 Å². The van der Waals surface area contributed by atoms with Crippen LogP contribution in [0.2, 0.25) is 0 Å². The molecule has 1 saturated carbocycles. The molecule has 2 N–H and O–H groups in total. The highest BCUT2D eigenvalue weighted by Crippen LogP contribution is 2.48. The molecule has 3 aromatic rings. The lowest BCUT2D eigenvalue weighted by Gasteiger charge is -2.17. The van der Waals surface area contributed by atoms with Crippen molar-refractivity contribution in [3.63, 3.8) is 0 Å². The summed E-state index contributed by atoms with van der Waals surface area (Å²) in [6.45, 7) is 0.0678. The van der Waals surface area contributed by atoms with E-state index >= 15 is 0 Å². The fourth-order valence-electron chi connectivity index (χ4n) is 3.09. The molecule has 26 heavy (non-hydrogen) atoms. The van der Waals surface area contributed by atoms with Gasteiger partial charge in [0.2, 0.25) is 5.91 Å². The Balaban J connectivity index is 1.39. The predicted molar refractivity (Wildman–Crippen MR) is 97.3 cm³/mol. The van der Waals surface area contributed by atoms with Gasteiger partial charge in [-0.3, -0.25) is 4.79 Å². The second kappa shape index (κ2) is 6.70. The average Bonchev–Trinajstić information content (AvgIpc) is 3.07. The highest BCUT2D eigenvalue weighted by molar-refractivity contribution is 7.08. The van der Waals surface area contributed by atoms with Crippen LogP contribution in [0, 0.1) is 5.82 Å². The van der Waals surface area contributed by atoms with E-state index in [4.69, 9.17) is 4.42 Å². The molecular weight excluding hydrogens is 353 g/mol. The van der Waals surface area contributed by atoms with Gasteiger partial charge in [-0.2, -0.15) is 11.3 Å². The van der Waals surface area contributed by atoms with Gasteiger partial charge in [-0.1, -0.05) is 12.1 Å². The largest absolute Gasteiger partial charge is 0.458 e. The quantitative estimate of drug-likeness (QED) is 0.688. The first kappa shape index (κ1) is 17.0. The number of rotatable bonds is 6. The van der Waals surface area contributed by atoms with Crippen LogP contribution in [-0.2, 0) is 10.2 Å². The standard InChI is InChI=1S/C20H18FNO3S/c21-15-3-1-14(2-4-15)20(8-9-20)19(24)22-11-16(23)18-6-5-17(25-18)13-7-10-26-12-13/h1-7,10,12,16,23H,8-9,11H2,(H,22,24)/t16-/m1/s1. The zero-order valence-electron chi connectivity index (χ0n) is 13.9. The van der Waals surface area contributed by atoms with Gasteiger partial charge in [0.1, 0.15) is 23.4 Å². The monoisotopic (exact) mass is 371 g/mol. The van der Waals surface area contributed by atoms with Gasteiger partial charge in [0, 0.05) is 10.9 Å². The SMILES string of the molecule is O=C(NC[C@@H](O)c1ccc(-c2ccsc2)o1)C1(c2ccc(F)cc2)CC1. The van der Waals surface area contributed by atoms with E-state index < -0.39 is 11.5 Å². The molecule has 1 atom stereocenters. The molecule has 1 aliphatic rings. The van der Waals surface area contributed by atoms with Crippen molar-refractivity contribution in [2.75, 3.05) is 6.54 Å². The summed E-state index contributed by atoms with van der Waals surface area (Å²) >= 11 is 1.57. The summed E-state index contributed by atoms with van der Waals surface area (Å²) in [4.78, 5) is 12.6. The van der Waals surface area contributed by atoms with Gasteiger partial charge in [-0.25, -0.2) is 4.39 Å². The van der Waals surface area contributed by atoms with E-state index in [1.807, 2.05) is 22.9 Å². The molecule has 2 aromatic heterocycles. The highest BCUT2D eigenvalue weighted by atomic mass is 32.1. The summed E-state index contributed by atoms with van der Waals surface area (Å²) in [5.74, 6) is 0.641. The summed E-state index contributed by atoms with van der Waals surface area (Å²) in [5, 5.41) is 17.0. The summed E-state index contributed by atoms with van der Waals surface area (Å²) in [6.07, 6.45) is 0.531. The molecule has 0 spiro atoms. The van der Waals surface area contributed by atoms with Gasteiger partial charge >= 0.3 is 0 Å². The Bertz CT molecular complexity index is 898. The van der Waals surface area contributed by atoms with Crippen LogP contribution in [0.1, 0.15) is 30.3 Å². The van der Waals surface area contributed by atoms with Crippen molar-refractivity contribution >= 4 is 17.2 Å². The lowest BCUT2D eigenvalue weighted by Crippen LogP contribution is -2.37. The lowest BCUT2D eigenvalue weighted by molar-refractivity contribution is -0.124. The normalized spacial score (nSPS) is 16.2. The van der Waals surface area contributed by atoms with E-state index in [2.05, 4.69) is 5.32 Å². The van der Waals surface area contributed by atoms with Crippen LogP contribution in [0.25, 0.3) is 11.3 Å². The molecule has 0 radical (unpaired) electrons. The molecule has 4 rings (SSSR count). The summed E-state index contributed by atoms with van der Waals surface area (Å²) < 4.78 is 18.8. The molecule has 1 aliphatic carbocycles. The number of hydrogen-bond donors (Lipinski definition) is 2. The second-order valence-corrected chi connectivity index (χ2v) is 7.31. The molecule has 1 fully saturated rings. The van der Waals surface area contributed by atoms with Crippen molar-refractivity contribution < 1.29 is 18.7 Å². The van der Waals surface area contributed by atoms with E-state index in [1.165, 1.54) is 12.1 Å². The first-order valence-electron chi connectivity index (χ1n) is 8.43. The van der Waals surface area contributed by atoms with E-state index in [0.717, 1.165) is 24.0 Å². The Labute approximate surface area is 154 Å². The second-order valence-electron chi connectivity index (χ2n) is 6.53. The maximum atomic E-state index is 13.1. The van der Waals surface area contributed by atoms with Gasteiger partial charge in [-0.05, 0) is 54.1 Å². The molecule has 2 heterocycles. The van der Waals surface area contributed by atoms with Crippen molar-refractivity contribution in [1.82, 2.24) is 5.32 Å². The minimum atomic E-state index is -0.921. The third-order valence-corrected chi connectivity index (χ3v) is 5.48. The van der Waals surface area contributed by atoms with Gasteiger partial charge in [0.15, 0.2) is 0 Å². The third kappa shape index (κ3) is 3.18. The molecule has 4 nitrogen and oxygen atoms in total. The Morgan fingerprint density at radius 1 is 1.23 bits per heavy atom. The molecule has 6 heteroatoms. The van der Waals surface area contributed by atoms with Crippen LogP contribution in [-0.4, -0.2) is 17.6 Å². The molecular formula is C20H18FNO3S. The molecule has 1 amide bonds. The smallest absolute Gasteiger partial charge is 0.230 e. The zero-order valence-corrected chi connectivity index (χ0v) is 14.8. The Morgan fingerprint density at radius 3 is 2.65 bits per heavy atom. The molecule has 0 saturated heterocycles. The average molecular weight is 371 g/mol. The van der Waals surface area contributed by atoms with Crippen LogP contribution in [0.4, 0.5) is 4.39 Å². The Hall–Kier alpha value is -2.44. The minimum absolute atomic E-state index is 0.0678. The molecule has 1 aromatic carbocycles. The first-order valence-corrected chi connectivity index (χ1v) is 9.37. The molecule has 134 valence electrons. The van der Waals surface area contributed by atoms with Crippen LogP contribution >= 0.6 is 11.3 Å². The number of aliphatic hydroxyl groups is 1. The molecule has 0 bridgehead atoms. The maximum Gasteiger partial charge on any atom is 0.230 e. The van der Waals surface area contributed by atoms with Crippen LogP contribution in [0.3, 0.4) is 0 Å². The van der Waals surface area contributed by atoms with Crippen molar-refractivity contribution in [3.8, 4) is 11.3 Å². The van der Waals surface area contributed by atoms with Crippen molar-refractivity contribution in [2.24, 2.45) is 0 Å². The minimum Gasteiger partial charge on any atom is -0.458 e. The van der Waals surface area contributed by atoms with E-state index in [0.29, 0.717) is 11.5 Å². The number of furan rings is 1. The van der Waals surface area contributed by atoms with Gasteiger partial charge in [-0.15, -0.1) is 0 Å². The number of halogens is 1. The number of hydrogen-bond acceptors (Lipinski definition) is 4. The fourth-order valence-corrected chi connectivity index (χ4v) is 3.74. The highest BCUT2D eigenvalue weighted by Gasteiger charge is 2.51. The van der Waals surface area contributed by atoms with Gasteiger partial charge < -0.3 is 14.8 Å². The first-order chi connectivity index (χ1) is 12.6. The summed E-state index contributed by atoms with van der Waals surface area (Å²) in [5.41, 5.74) is 1.17. The van der Waals surface area contributed by atoms with Gasteiger partial charge in [0.25, 0.3) is 0 Å². The summed E-state index contributed by atoms with van der Waals surface area (Å²) in [7, 11) is 0. The van der Waals surface area contributed by atoms with Crippen molar-refractivity contribution in [3.05, 3.63) is 70.4 Å². The number of amides is 1. The van der Waals surface area contributed by atoms with E-state index in [-0.39, 0.29) is 18.3 Å². The number of thiophene rings is 1. The lowest BCUT2D eigenvalue weighted by atomic mass is 9.95. The number of nitrogens with one attached hydrogen (secondary N) is 1. The Morgan fingerprint density at radius 2 is 2.00 bits per heavy atom. The maximum absolute atomic E-state index is 13.1. The number of carbonyl (C=O) groups is 1. The topological polar surface area (TPSA) is 62.5 Å². The van der Waals surface area contributed by atoms with E-state index in [9.17, 15) is 14.3 Å². The van der Waals surface area contributed by atoms with Crippen molar-refractivity contribution in [2.45, 2.75) is 24.4 Å². The van der Waals surface area contributed by atoms with Gasteiger partial charge in [0.05, 0.1) is 12.0 Å². The van der Waals surface area contributed by atoms with Crippen LogP contribution < -0.4 is 5.32 Å². The number of carbonyl (C=O) groups excluding carboxylic acids is 1. The number of aliphatic hydroxyl groups excluding tert-OH is 1. The third-order valence-electron chi connectivity index (χ3n) is 4.80. The molecule has 0 aliphatic heterocycles. The Kier molecular flexibility index (Phi) is 4.38. The molecule has 0 unspecified atom stereocenters. The summed E-state index contributed by atoms with van der Waals surface area (Å²) in [6, 6.07) is 11.5. The van der Waals surface area contributed by atoms with Crippen molar-refractivity contribution in [1.29, 1.82) is 0 Å². The van der Waals surface area contributed by atoms with E-state index in [1.54, 1.807) is 29.5 Å². The predicted octanol–water partition coefficient (Wildman–Crippen LogP) is 4.03. The fraction of sp³-hybridized carbons (Fsp3) is 0.250. The van der Waals surface area contributed by atoms with Crippen LogP contribution in [0.5, 0.6) is 0 Å². The zero-order chi connectivity index (χ0) is 18.1.